The van der Waals surface area contributed by atoms with Crippen LogP contribution in [0.3, 0.4) is 0 Å². The molecule has 0 aliphatic carbocycles. The fraction of sp³-hybridized carbons (Fsp3) is 0.650. The quantitative estimate of drug-likeness (QED) is 0.807. The Morgan fingerprint density at radius 1 is 1.23 bits per heavy atom. The monoisotopic (exact) mass is 358 g/mol. The van der Waals surface area contributed by atoms with Crippen molar-refractivity contribution in [3.05, 3.63) is 30.1 Å². The van der Waals surface area contributed by atoms with Gasteiger partial charge in [0.25, 0.3) is 0 Å². The van der Waals surface area contributed by atoms with E-state index in [1.54, 1.807) is 12.4 Å². The lowest BCUT2D eigenvalue weighted by Gasteiger charge is -2.45. The van der Waals surface area contributed by atoms with Crippen molar-refractivity contribution in [1.29, 1.82) is 0 Å². The lowest BCUT2D eigenvalue weighted by atomic mass is 9.84. The number of carbonyl (C=O) groups excluding carboxylic acids is 2. The van der Waals surface area contributed by atoms with Crippen LogP contribution in [0.2, 0.25) is 0 Å². The van der Waals surface area contributed by atoms with Crippen molar-refractivity contribution in [2.75, 3.05) is 26.7 Å². The first-order valence-electron chi connectivity index (χ1n) is 9.59. The number of hydrogen-bond donors (Lipinski definition) is 0. The number of nitrogens with zero attached hydrogens (tertiary/aromatic N) is 4. The van der Waals surface area contributed by atoms with Gasteiger partial charge in [0.1, 0.15) is 0 Å². The predicted octanol–water partition coefficient (Wildman–Crippen LogP) is 1.91. The minimum Gasteiger partial charge on any atom is -0.341 e. The van der Waals surface area contributed by atoms with E-state index in [-0.39, 0.29) is 17.4 Å². The molecule has 0 atom stereocenters. The molecule has 1 spiro atoms. The number of carbonyl (C=O) groups is 2. The molecule has 2 amide bonds. The van der Waals surface area contributed by atoms with Crippen molar-refractivity contribution < 1.29 is 9.59 Å². The molecule has 0 saturated carbocycles. The summed E-state index contributed by atoms with van der Waals surface area (Å²) < 4.78 is 0. The number of pyridine rings is 1. The van der Waals surface area contributed by atoms with Crippen LogP contribution in [0.5, 0.6) is 0 Å². The highest BCUT2D eigenvalue weighted by Crippen LogP contribution is 2.40. The number of piperidine rings is 1. The second kappa shape index (κ2) is 7.74. The van der Waals surface area contributed by atoms with E-state index in [2.05, 4.69) is 28.6 Å². The molecule has 1 aromatic rings. The number of amides is 2. The van der Waals surface area contributed by atoms with Gasteiger partial charge in [-0.3, -0.25) is 19.5 Å². The summed E-state index contributed by atoms with van der Waals surface area (Å²) in [7, 11) is 1.99. The summed E-state index contributed by atoms with van der Waals surface area (Å²) in [6.07, 6.45) is 6.83. The maximum Gasteiger partial charge on any atom is 0.236 e. The maximum atomic E-state index is 12.5. The molecule has 2 aliphatic rings. The molecule has 0 bridgehead atoms. The fourth-order valence-electron chi connectivity index (χ4n) is 3.99. The maximum absolute atomic E-state index is 12.5. The third-order valence-corrected chi connectivity index (χ3v) is 6.08. The first kappa shape index (κ1) is 18.8. The van der Waals surface area contributed by atoms with Crippen LogP contribution < -0.4 is 0 Å². The number of likely N-dealkylation sites (tertiary alicyclic amines) is 2. The van der Waals surface area contributed by atoms with Crippen LogP contribution in [0.4, 0.5) is 0 Å². The standard InChI is InChI=1S/C20H30N4O2/c1-16(2)22(3)15-19(26)23-12-8-20(9-13-23)7-4-18(25)24(20)14-17-5-10-21-11-6-17/h5-6,10-11,16H,4,7-9,12-15H2,1-3H3. The summed E-state index contributed by atoms with van der Waals surface area (Å²) in [5.41, 5.74) is 1.04. The second-order valence-electron chi connectivity index (χ2n) is 7.95. The minimum atomic E-state index is -0.0823. The molecule has 2 aliphatic heterocycles. The van der Waals surface area contributed by atoms with E-state index >= 15 is 0 Å². The zero-order chi connectivity index (χ0) is 18.7. The summed E-state index contributed by atoms with van der Waals surface area (Å²) in [6.45, 7) is 6.78. The van der Waals surface area contributed by atoms with Gasteiger partial charge >= 0.3 is 0 Å². The first-order valence-corrected chi connectivity index (χ1v) is 9.59. The highest BCUT2D eigenvalue weighted by atomic mass is 16.2. The van der Waals surface area contributed by atoms with E-state index in [0.717, 1.165) is 37.9 Å². The summed E-state index contributed by atoms with van der Waals surface area (Å²) in [5.74, 6) is 0.433. The topological polar surface area (TPSA) is 56.8 Å². The van der Waals surface area contributed by atoms with Crippen molar-refractivity contribution in [3.8, 4) is 0 Å². The van der Waals surface area contributed by atoms with E-state index < -0.39 is 0 Å². The molecule has 0 radical (unpaired) electrons. The van der Waals surface area contributed by atoms with Gasteiger partial charge in [0.15, 0.2) is 0 Å². The second-order valence-corrected chi connectivity index (χ2v) is 7.95. The molecule has 0 aromatic carbocycles. The van der Waals surface area contributed by atoms with Crippen molar-refractivity contribution in [2.24, 2.45) is 0 Å². The Morgan fingerprint density at radius 3 is 2.50 bits per heavy atom. The lowest BCUT2D eigenvalue weighted by molar-refractivity contribution is -0.137. The highest BCUT2D eigenvalue weighted by molar-refractivity contribution is 5.80. The van der Waals surface area contributed by atoms with Crippen molar-refractivity contribution >= 4 is 11.8 Å². The molecule has 0 N–H and O–H groups in total. The Morgan fingerprint density at radius 2 is 1.88 bits per heavy atom. The van der Waals surface area contributed by atoms with Gasteiger partial charge < -0.3 is 9.80 Å². The third kappa shape index (κ3) is 3.90. The lowest BCUT2D eigenvalue weighted by Crippen LogP contribution is -2.55. The van der Waals surface area contributed by atoms with Crippen LogP contribution in [0.25, 0.3) is 0 Å². The average molecular weight is 358 g/mol. The fourth-order valence-corrected chi connectivity index (χ4v) is 3.99. The molecule has 2 fully saturated rings. The van der Waals surface area contributed by atoms with Gasteiger partial charge in [0, 0.05) is 50.0 Å². The zero-order valence-corrected chi connectivity index (χ0v) is 16.1. The molecule has 2 saturated heterocycles. The average Bonchev–Trinajstić information content (AvgIpc) is 2.92. The van der Waals surface area contributed by atoms with E-state index in [1.165, 1.54) is 0 Å². The number of aromatic nitrogens is 1. The van der Waals surface area contributed by atoms with Gasteiger partial charge in [-0.25, -0.2) is 0 Å². The van der Waals surface area contributed by atoms with Gasteiger partial charge in [0.05, 0.1) is 6.54 Å². The van der Waals surface area contributed by atoms with Gasteiger partial charge in [-0.1, -0.05) is 0 Å². The van der Waals surface area contributed by atoms with E-state index in [0.29, 0.717) is 25.6 Å². The molecule has 0 unspecified atom stereocenters. The Kier molecular flexibility index (Phi) is 5.61. The van der Waals surface area contributed by atoms with Crippen LogP contribution in [-0.4, -0.2) is 69.8 Å². The van der Waals surface area contributed by atoms with E-state index in [9.17, 15) is 9.59 Å². The molecular weight excluding hydrogens is 328 g/mol. The largest absolute Gasteiger partial charge is 0.341 e. The van der Waals surface area contributed by atoms with Crippen molar-refractivity contribution in [1.82, 2.24) is 19.7 Å². The Bertz CT molecular complexity index is 638. The number of likely N-dealkylation sites (N-methyl/N-ethyl adjacent to an activating group) is 1. The van der Waals surface area contributed by atoms with Crippen LogP contribution in [0.15, 0.2) is 24.5 Å². The summed E-state index contributed by atoms with van der Waals surface area (Å²) in [5, 5.41) is 0. The van der Waals surface area contributed by atoms with Crippen LogP contribution >= 0.6 is 0 Å². The van der Waals surface area contributed by atoms with Crippen molar-refractivity contribution in [2.45, 2.75) is 57.7 Å². The van der Waals surface area contributed by atoms with Crippen LogP contribution in [0, 0.1) is 0 Å². The first-order chi connectivity index (χ1) is 12.4. The summed E-state index contributed by atoms with van der Waals surface area (Å²) >= 11 is 0. The normalized spacial score (nSPS) is 19.8. The molecule has 26 heavy (non-hydrogen) atoms. The Balaban J connectivity index is 1.63. The SMILES string of the molecule is CC(C)N(C)CC(=O)N1CCC2(CCC(=O)N2Cc2ccncc2)CC1. The summed E-state index contributed by atoms with van der Waals surface area (Å²) in [4.78, 5) is 35.2. The third-order valence-electron chi connectivity index (χ3n) is 6.08. The van der Waals surface area contributed by atoms with Crippen molar-refractivity contribution in [3.63, 3.8) is 0 Å². The predicted molar refractivity (Wildman–Crippen MR) is 100 cm³/mol. The molecule has 142 valence electrons. The molecule has 1 aromatic heterocycles. The molecular formula is C20H30N4O2. The van der Waals surface area contributed by atoms with Gasteiger partial charge in [-0.15, -0.1) is 0 Å². The Hall–Kier alpha value is -1.95. The molecule has 3 heterocycles. The zero-order valence-electron chi connectivity index (χ0n) is 16.1. The Labute approximate surface area is 156 Å². The number of hydrogen-bond acceptors (Lipinski definition) is 4. The van der Waals surface area contributed by atoms with E-state index in [1.807, 2.05) is 24.1 Å². The van der Waals surface area contributed by atoms with Gasteiger partial charge in [-0.2, -0.15) is 0 Å². The molecule has 6 nitrogen and oxygen atoms in total. The number of rotatable bonds is 5. The highest BCUT2D eigenvalue weighted by Gasteiger charge is 2.47. The summed E-state index contributed by atoms with van der Waals surface area (Å²) in [6, 6.07) is 4.30. The minimum absolute atomic E-state index is 0.0823. The molecule has 6 heteroatoms. The molecule has 3 rings (SSSR count). The van der Waals surface area contributed by atoms with E-state index in [4.69, 9.17) is 0 Å². The van der Waals surface area contributed by atoms with Gasteiger partial charge in [0.2, 0.25) is 11.8 Å². The van der Waals surface area contributed by atoms with Crippen LogP contribution in [-0.2, 0) is 16.1 Å². The van der Waals surface area contributed by atoms with Crippen LogP contribution in [0.1, 0.15) is 45.1 Å². The van der Waals surface area contributed by atoms with Gasteiger partial charge in [-0.05, 0) is 57.9 Å². The smallest absolute Gasteiger partial charge is 0.236 e.